The fourth-order valence-corrected chi connectivity index (χ4v) is 7.14. The summed E-state index contributed by atoms with van der Waals surface area (Å²) in [6.07, 6.45) is 5.23. The number of benzene rings is 4. The summed E-state index contributed by atoms with van der Waals surface area (Å²) in [5.74, 6) is -0.459. The molecule has 10 nitrogen and oxygen atoms in total. The zero-order valence-corrected chi connectivity index (χ0v) is 30.2. The first kappa shape index (κ1) is 40.5. The highest BCUT2D eigenvalue weighted by molar-refractivity contribution is 5.68. The molecule has 4 rings (SSSR count). The Morgan fingerprint density at radius 3 is 1.60 bits per heavy atom. The lowest BCUT2D eigenvalue weighted by atomic mass is 9.77. The van der Waals surface area contributed by atoms with Crippen LogP contribution in [-0.2, 0) is 35.3 Å². The lowest BCUT2D eigenvalue weighted by molar-refractivity contribution is -0.122. The number of hydrazine groups is 1. The Hall–Kier alpha value is -5.32. The van der Waals surface area contributed by atoms with Gasteiger partial charge in [-0.3, -0.25) is 5.43 Å². The van der Waals surface area contributed by atoms with E-state index in [0.717, 1.165) is 67.2 Å². The number of amides is 2. The topological polar surface area (TPSA) is 148 Å². The van der Waals surface area contributed by atoms with Gasteiger partial charge in [0.2, 0.25) is 0 Å². The van der Waals surface area contributed by atoms with Gasteiger partial charge in [0.05, 0.1) is 12.1 Å². The molecular weight excluding hydrogens is 668 g/mol. The lowest BCUT2D eigenvalue weighted by Crippen LogP contribution is -2.73. The maximum Gasteiger partial charge on any atom is 0.419 e. The Morgan fingerprint density at radius 1 is 0.604 bits per heavy atom. The largest absolute Gasteiger partial charge is 0.465 e. The molecule has 10 heteroatoms. The van der Waals surface area contributed by atoms with Crippen LogP contribution in [0.2, 0.25) is 0 Å². The minimum atomic E-state index is -1.56. The number of rotatable bonds is 24. The molecule has 0 aliphatic carbocycles. The van der Waals surface area contributed by atoms with Gasteiger partial charge in [-0.1, -0.05) is 147 Å². The van der Waals surface area contributed by atoms with Crippen LogP contribution in [0.1, 0.15) is 60.8 Å². The second-order valence-electron chi connectivity index (χ2n) is 13.5. The van der Waals surface area contributed by atoms with Crippen LogP contribution < -0.4 is 16.1 Å². The van der Waals surface area contributed by atoms with Crippen LogP contribution >= 0.6 is 0 Å². The van der Waals surface area contributed by atoms with E-state index in [1.54, 1.807) is 0 Å². The third-order valence-corrected chi connectivity index (χ3v) is 9.66. The molecule has 0 radical (unpaired) electrons. The number of carbonyl (C=O) groups excluding carboxylic acids is 2. The van der Waals surface area contributed by atoms with Crippen molar-refractivity contribution in [1.29, 1.82) is 0 Å². The normalized spacial score (nSPS) is 14.0. The van der Waals surface area contributed by atoms with Crippen LogP contribution in [0.4, 0.5) is 9.59 Å². The van der Waals surface area contributed by atoms with Crippen LogP contribution in [0.15, 0.2) is 121 Å². The van der Waals surface area contributed by atoms with Crippen LogP contribution in [0.25, 0.3) is 0 Å². The smallest absolute Gasteiger partial charge is 0.419 e. The summed E-state index contributed by atoms with van der Waals surface area (Å²) in [6.45, 7) is 0.722. The standard InChI is InChI=1S/C43H52N4O6/c48-32-39(29-35-20-10-5-11-21-35)44-27-17-3-1-2-16-26-38(28-34-18-8-4-9-19-34)43(45-41(50)51,31-37-24-14-7-15-25-37)47(46-42(52)53)40(33-49)30-36-22-12-6-13-23-36/h4-15,18-25,32-33,38-40,44-46H,1-3,16-17,26-31H2,(H,50,51)(H,52,53)/t38-,39?,40-,43?/m0/s1. The fraction of sp³-hybridized carbons (Fsp3) is 0.349. The molecule has 53 heavy (non-hydrogen) atoms. The van der Waals surface area contributed by atoms with Crippen molar-refractivity contribution < 1.29 is 29.4 Å². The van der Waals surface area contributed by atoms with Crippen molar-refractivity contribution in [3.8, 4) is 0 Å². The van der Waals surface area contributed by atoms with Gasteiger partial charge < -0.3 is 30.4 Å². The first-order valence-electron chi connectivity index (χ1n) is 18.4. The Balaban J connectivity index is 1.58. The molecule has 4 aromatic carbocycles. The Labute approximate surface area is 312 Å². The molecule has 280 valence electrons. The zero-order chi connectivity index (χ0) is 37.7. The number of carboxylic acid groups (broad SMARTS) is 2. The molecule has 0 saturated heterocycles. The average Bonchev–Trinajstić information content (AvgIpc) is 3.17. The van der Waals surface area contributed by atoms with E-state index >= 15 is 0 Å². The minimum absolute atomic E-state index is 0.101. The number of hydrogen-bond acceptors (Lipinski definition) is 6. The Kier molecular flexibility index (Phi) is 16.7. The van der Waals surface area contributed by atoms with Gasteiger partial charge in [-0.25, -0.2) is 9.59 Å². The van der Waals surface area contributed by atoms with Crippen molar-refractivity contribution in [1.82, 2.24) is 21.1 Å². The average molecular weight is 721 g/mol. The summed E-state index contributed by atoms with van der Waals surface area (Å²) in [5, 5.41) is 28.2. The molecule has 0 aromatic heterocycles. The second kappa shape index (κ2) is 21.9. The highest BCUT2D eigenvalue weighted by atomic mass is 16.4. The van der Waals surface area contributed by atoms with Crippen LogP contribution in [0, 0.1) is 5.92 Å². The maximum absolute atomic E-state index is 13.0. The Bertz CT molecular complexity index is 1660. The molecule has 0 aliphatic rings. The number of nitrogens with zero attached hydrogens (tertiary/aromatic N) is 1. The van der Waals surface area contributed by atoms with Crippen molar-refractivity contribution in [3.05, 3.63) is 144 Å². The molecule has 2 unspecified atom stereocenters. The monoisotopic (exact) mass is 720 g/mol. The van der Waals surface area contributed by atoms with Gasteiger partial charge in [0.1, 0.15) is 18.2 Å². The number of unbranched alkanes of at least 4 members (excludes halogenated alkanes) is 4. The number of carbonyl (C=O) groups is 4. The first-order chi connectivity index (χ1) is 25.8. The zero-order valence-electron chi connectivity index (χ0n) is 30.2. The fourth-order valence-electron chi connectivity index (χ4n) is 7.14. The van der Waals surface area contributed by atoms with E-state index in [9.17, 15) is 29.4 Å². The maximum atomic E-state index is 13.0. The summed E-state index contributed by atoms with van der Waals surface area (Å²) in [6, 6.07) is 37.0. The molecule has 0 spiro atoms. The SMILES string of the molecule is O=CC(Cc1ccccc1)NCCCCCCC[C@@H](Cc1ccccc1)C(Cc1ccccc1)(NC(=O)O)N(NC(=O)O)[C@H](C=O)Cc1ccccc1. The number of nitrogens with one attached hydrogen (secondary N) is 3. The summed E-state index contributed by atoms with van der Waals surface area (Å²) >= 11 is 0. The molecule has 0 bridgehead atoms. The first-order valence-corrected chi connectivity index (χ1v) is 18.4. The van der Waals surface area contributed by atoms with E-state index in [0.29, 0.717) is 25.5 Å². The van der Waals surface area contributed by atoms with Gasteiger partial charge in [0, 0.05) is 12.3 Å². The lowest BCUT2D eigenvalue weighted by Gasteiger charge is -2.50. The van der Waals surface area contributed by atoms with E-state index in [-0.39, 0.29) is 18.9 Å². The van der Waals surface area contributed by atoms with E-state index in [2.05, 4.69) is 16.1 Å². The molecule has 0 heterocycles. The molecule has 0 fully saturated rings. The van der Waals surface area contributed by atoms with Crippen molar-refractivity contribution in [2.45, 2.75) is 82.0 Å². The van der Waals surface area contributed by atoms with Crippen molar-refractivity contribution in [3.63, 3.8) is 0 Å². The molecule has 0 saturated carbocycles. The number of hydrogen-bond donors (Lipinski definition) is 5. The van der Waals surface area contributed by atoms with Gasteiger partial charge in [0.15, 0.2) is 0 Å². The summed E-state index contributed by atoms with van der Waals surface area (Å²) in [4.78, 5) is 50.0. The summed E-state index contributed by atoms with van der Waals surface area (Å²) in [5.41, 5.74) is 4.61. The predicted octanol–water partition coefficient (Wildman–Crippen LogP) is 7.09. The quantitative estimate of drug-likeness (QED) is 0.0223. The van der Waals surface area contributed by atoms with Gasteiger partial charge >= 0.3 is 12.2 Å². The van der Waals surface area contributed by atoms with E-state index < -0.39 is 29.8 Å². The minimum Gasteiger partial charge on any atom is -0.465 e. The van der Waals surface area contributed by atoms with Crippen molar-refractivity contribution >= 4 is 24.8 Å². The predicted molar refractivity (Wildman–Crippen MR) is 206 cm³/mol. The molecule has 2 amide bonds. The van der Waals surface area contributed by atoms with E-state index in [1.165, 1.54) is 5.01 Å². The van der Waals surface area contributed by atoms with E-state index in [4.69, 9.17) is 0 Å². The highest BCUT2D eigenvalue weighted by Gasteiger charge is 2.49. The summed E-state index contributed by atoms with van der Waals surface area (Å²) in [7, 11) is 0. The third kappa shape index (κ3) is 13.3. The van der Waals surface area contributed by atoms with Gasteiger partial charge in [-0.2, -0.15) is 5.01 Å². The molecule has 4 atom stereocenters. The van der Waals surface area contributed by atoms with Crippen LogP contribution in [0.5, 0.6) is 0 Å². The third-order valence-electron chi connectivity index (χ3n) is 9.66. The van der Waals surface area contributed by atoms with Gasteiger partial charge in [-0.05, 0) is 60.9 Å². The molecule has 5 N–H and O–H groups in total. The van der Waals surface area contributed by atoms with Gasteiger partial charge in [-0.15, -0.1) is 0 Å². The summed E-state index contributed by atoms with van der Waals surface area (Å²) < 4.78 is 0. The van der Waals surface area contributed by atoms with E-state index in [1.807, 2.05) is 121 Å². The molecular formula is C43H52N4O6. The Morgan fingerprint density at radius 2 is 1.09 bits per heavy atom. The van der Waals surface area contributed by atoms with Crippen molar-refractivity contribution in [2.75, 3.05) is 6.54 Å². The van der Waals surface area contributed by atoms with Crippen LogP contribution in [-0.4, -0.2) is 64.3 Å². The molecule has 0 aliphatic heterocycles. The van der Waals surface area contributed by atoms with Gasteiger partial charge in [0.25, 0.3) is 0 Å². The number of aldehydes is 2. The van der Waals surface area contributed by atoms with Crippen molar-refractivity contribution in [2.24, 2.45) is 5.92 Å². The van der Waals surface area contributed by atoms with Crippen LogP contribution in [0.3, 0.4) is 0 Å². The molecule has 4 aromatic rings. The second-order valence-corrected chi connectivity index (χ2v) is 13.5. The highest BCUT2D eigenvalue weighted by Crippen LogP contribution is 2.35.